The fourth-order valence-electron chi connectivity index (χ4n) is 3.79. The van der Waals surface area contributed by atoms with Crippen LogP contribution < -0.4 is 0 Å². The molecule has 138 valence electrons. The molecule has 1 fully saturated rings. The molecule has 1 heterocycles. The molecule has 3 nitrogen and oxygen atoms in total. The second-order valence-electron chi connectivity index (χ2n) is 7.06. The van der Waals surface area contributed by atoms with Gasteiger partial charge in [0.25, 0.3) is 0 Å². The van der Waals surface area contributed by atoms with Crippen LogP contribution in [0.4, 0.5) is 0 Å². The quantitative estimate of drug-likeness (QED) is 0.813. The Morgan fingerprint density at radius 2 is 1.77 bits per heavy atom. The molecule has 2 aromatic carbocycles. The Kier molecular flexibility index (Phi) is 6.70. The minimum Gasteiger partial charge on any atom is -0.396 e. The molecule has 26 heavy (non-hydrogen) atoms. The van der Waals surface area contributed by atoms with Gasteiger partial charge < -0.3 is 10.0 Å². The molecule has 0 saturated carbocycles. The topological polar surface area (TPSA) is 40.5 Å². The van der Waals surface area contributed by atoms with E-state index in [4.69, 9.17) is 16.7 Å². The van der Waals surface area contributed by atoms with E-state index in [2.05, 4.69) is 12.1 Å². The van der Waals surface area contributed by atoms with Gasteiger partial charge in [0.1, 0.15) is 0 Å². The molecule has 4 heteroatoms. The Morgan fingerprint density at radius 1 is 1.08 bits per heavy atom. The average Bonchev–Trinajstić information content (AvgIpc) is 2.67. The van der Waals surface area contributed by atoms with Crippen LogP contribution in [-0.2, 0) is 4.79 Å². The highest BCUT2D eigenvalue weighted by atomic mass is 35.5. The molecule has 1 aliphatic heterocycles. The van der Waals surface area contributed by atoms with Crippen LogP contribution in [0.1, 0.15) is 42.7 Å². The summed E-state index contributed by atoms with van der Waals surface area (Å²) in [5.41, 5.74) is 2.21. The van der Waals surface area contributed by atoms with Gasteiger partial charge in [0.2, 0.25) is 5.91 Å². The molecular formula is C22H26ClNO2. The fraction of sp³-hybridized carbons (Fsp3) is 0.409. The predicted molar refractivity (Wildman–Crippen MR) is 105 cm³/mol. The molecule has 2 aromatic rings. The van der Waals surface area contributed by atoms with Gasteiger partial charge >= 0.3 is 0 Å². The van der Waals surface area contributed by atoms with Crippen LogP contribution in [0.5, 0.6) is 0 Å². The second-order valence-corrected chi connectivity index (χ2v) is 7.50. The molecule has 0 bridgehead atoms. The highest BCUT2D eigenvalue weighted by molar-refractivity contribution is 6.30. The number of halogens is 1. The van der Waals surface area contributed by atoms with Crippen LogP contribution in [0.2, 0.25) is 5.02 Å². The van der Waals surface area contributed by atoms with Crippen molar-refractivity contribution in [1.82, 2.24) is 4.90 Å². The van der Waals surface area contributed by atoms with E-state index in [0.29, 0.717) is 17.4 Å². The number of likely N-dealkylation sites (tertiary alicyclic amines) is 1. The SMILES string of the molecule is O=C(C[C@H](c1ccccc1)c1cccc(Cl)c1)N1CCC(CCO)CC1. The standard InChI is InChI=1S/C22H26ClNO2/c23-20-8-4-7-19(15-20)21(18-5-2-1-3-6-18)16-22(26)24-12-9-17(10-13-24)11-14-25/h1-8,15,17,21,25H,9-14,16H2/t21-/m1/s1. The molecule has 1 saturated heterocycles. The zero-order chi connectivity index (χ0) is 18.4. The summed E-state index contributed by atoms with van der Waals surface area (Å²) < 4.78 is 0. The number of hydrogen-bond acceptors (Lipinski definition) is 2. The Labute approximate surface area is 160 Å². The number of hydrogen-bond donors (Lipinski definition) is 1. The summed E-state index contributed by atoms with van der Waals surface area (Å²) in [6.45, 7) is 1.82. The minimum absolute atomic E-state index is 0.0116. The van der Waals surface area contributed by atoms with Gasteiger partial charge in [0.15, 0.2) is 0 Å². The Bertz CT molecular complexity index is 711. The average molecular weight is 372 g/mol. The van der Waals surface area contributed by atoms with Crippen LogP contribution in [0.25, 0.3) is 0 Å². The molecule has 1 N–H and O–H groups in total. The van der Waals surface area contributed by atoms with E-state index in [-0.39, 0.29) is 18.4 Å². The monoisotopic (exact) mass is 371 g/mol. The smallest absolute Gasteiger partial charge is 0.223 e. The Morgan fingerprint density at radius 3 is 2.42 bits per heavy atom. The summed E-state index contributed by atoms with van der Waals surface area (Å²) in [5, 5.41) is 9.79. The van der Waals surface area contributed by atoms with E-state index in [1.54, 1.807) is 0 Å². The number of carbonyl (C=O) groups excluding carboxylic acids is 1. The summed E-state index contributed by atoms with van der Waals surface area (Å²) >= 11 is 6.19. The third-order valence-electron chi connectivity index (χ3n) is 5.34. The largest absolute Gasteiger partial charge is 0.396 e. The molecule has 1 amide bonds. The van der Waals surface area contributed by atoms with Crippen molar-refractivity contribution in [3.63, 3.8) is 0 Å². The third-order valence-corrected chi connectivity index (χ3v) is 5.57. The van der Waals surface area contributed by atoms with Crippen molar-refractivity contribution in [2.45, 2.75) is 31.6 Å². The molecule has 0 radical (unpaired) electrons. The van der Waals surface area contributed by atoms with Crippen molar-refractivity contribution in [3.8, 4) is 0 Å². The van der Waals surface area contributed by atoms with E-state index >= 15 is 0 Å². The highest BCUT2D eigenvalue weighted by Gasteiger charge is 2.26. The molecule has 3 rings (SSSR count). The van der Waals surface area contributed by atoms with Gasteiger partial charge in [0, 0.05) is 37.1 Å². The van der Waals surface area contributed by atoms with Gasteiger partial charge in [-0.25, -0.2) is 0 Å². The maximum atomic E-state index is 12.9. The number of nitrogens with zero attached hydrogens (tertiary/aromatic N) is 1. The van der Waals surface area contributed by atoms with Crippen molar-refractivity contribution in [2.24, 2.45) is 5.92 Å². The van der Waals surface area contributed by atoms with E-state index in [1.165, 1.54) is 0 Å². The van der Waals surface area contributed by atoms with Crippen LogP contribution in [0, 0.1) is 5.92 Å². The van der Waals surface area contributed by atoms with E-state index in [1.807, 2.05) is 47.4 Å². The molecule has 1 aliphatic rings. The van der Waals surface area contributed by atoms with Gasteiger partial charge in [-0.05, 0) is 48.4 Å². The zero-order valence-electron chi connectivity index (χ0n) is 15.0. The minimum atomic E-state index is 0.0116. The lowest BCUT2D eigenvalue weighted by molar-refractivity contribution is -0.132. The normalized spacial score (nSPS) is 16.5. The maximum Gasteiger partial charge on any atom is 0.223 e. The Balaban J connectivity index is 1.73. The molecular weight excluding hydrogens is 346 g/mol. The molecule has 0 unspecified atom stereocenters. The first-order valence-electron chi connectivity index (χ1n) is 9.36. The van der Waals surface area contributed by atoms with Crippen molar-refractivity contribution in [3.05, 3.63) is 70.7 Å². The lowest BCUT2D eigenvalue weighted by atomic mass is 9.87. The van der Waals surface area contributed by atoms with Gasteiger partial charge in [-0.1, -0.05) is 54.1 Å². The van der Waals surface area contributed by atoms with E-state index in [9.17, 15) is 4.79 Å². The summed E-state index contributed by atoms with van der Waals surface area (Å²) in [5.74, 6) is 0.751. The Hall–Kier alpha value is -1.84. The van der Waals surface area contributed by atoms with Crippen LogP contribution >= 0.6 is 11.6 Å². The number of aliphatic hydroxyl groups is 1. The second kappa shape index (κ2) is 9.20. The fourth-order valence-corrected chi connectivity index (χ4v) is 3.99. The van der Waals surface area contributed by atoms with Crippen LogP contribution in [0.3, 0.4) is 0 Å². The van der Waals surface area contributed by atoms with Gasteiger partial charge in [-0.2, -0.15) is 0 Å². The summed E-state index contributed by atoms with van der Waals surface area (Å²) in [6.07, 6.45) is 3.27. The van der Waals surface area contributed by atoms with Crippen LogP contribution in [0.15, 0.2) is 54.6 Å². The number of carbonyl (C=O) groups is 1. The summed E-state index contributed by atoms with van der Waals surface area (Å²) in [7, 11) is 0. The first-order chi connectivity index (χ1) is 12.7. The maximum absolute atomic E-state index is 12.9. The predicted octanol–water partition coefficient (Wildman–Crippen LogP) is 4.48. The van der Waals surface area contributed by atoms with E-state index < -0.39 is 0 Å². The van der Waals surface area contributed by atoms with Crippen molar-refractivity contribution in [1.29, 1.82) is 0 Å². The first-order valence-corrected chi connectivity index (χ1v) is 9.74. The van der Waals surface area contributed by atoms with Crippen molar-refractivity contribution >= 4 is 17.5 Å². The highest BCUT2D eigenvalue weighted by Crippen LogP contribution is 2.31. The zero-order valence-corrected chi connectivity index (χ0v) is 15.7. The van der Waals surface area contributed by atoms with Gasteiger partial charge in [-0.3, -0.25) is 4.79 Å². The molecule has 0 spiro atoms. The molecule has 0 aromatic heterocycles. The van der Waals surface area contributed by atoms with Gasteiger partial charge in [-0.15, -0.1) is 0 Å². The van der Waals surface area contributed by atoms with Crippen LogP contribution in [-0.4, -0.2) is 35.6 Å². The number of benzene rings is 2. The number of aliphatic hydroxyl groups excluding tert-OH is 1. The van der Waals surface area contributed by atoms with Gasteiger partial charge in [0.05, 0.1) is 0 Å². The number of piperidine rings is 1. The molecule has 1 atom stereocenters. The lowest BCUT2D eigenvalue weighted by Crippen LogP contribution is -2.39. The lowest BCUT2D eigenvalue weighted by Gasteiger charge is -2.33. The number of amides is 1. The van der Waals surface area contributed by atoms with E-state index in [0.717, 1.165) is 43.5 Å². The summed E-state index contributed by atoms with van der Waals surface area (Å²) in [6, 6.07) is 18.0. The van der Waals surface area contributed by atoms with Crippen molar-refractivity contribution < 1.29 is 9.90 Å². The number of rotatable bonds is 6. The first kappa shape index (κ1) is 18.9. The third kappa shape index (κ3) is 4.87. The van der Waals surface area contributed by atoms with Crippen molar-refractivity contribution in [2.75, 3.05) is 19.7 Å². The summed E-state index contributed by atoms with van der Waals surface area (Å²) in [4.78, 5) is 14.9. The molecule has 0 aliphatic carbocycles.